The van der Waals surface area contributed by atoms with Crippen LogP contribution in [-0.2, 0) is 0 Å². The lowest BCUT2D eigenvalue weighted by Gasteiger charge is -2.15. The molecule has 0 unspecified atom stereocenters. The van der Waals surface area contributed by atoms with E-state index < -0.39 is 0 Å². The van der Waals surface area contributed by atoms with Gasteiger partial charge in [-0.25, -0.2) is 0 Å². The topological polar surface area (TPSA) is 18.5 Å². The first-order valence-corrected chi connectivity index (χ1v) is 4.77. The fourth-order valence-corrected chi connectivity index (χ4v) is 1.71. The molecule has 0 atom stereocenters. The Balaban J connectivity index is 2.50. The van der Waals surface area contributed by atoms with Gasteiger partial charge in [0.15, 0.2) is 0 Å². The molecule has 0 N–H and O–H groups in total. The molecule has 2 rings (SSSR count). The fourth-order valence-electron chi connectivity index (χ4n) is 1.26. The maximum atomic E-state index is 5.43. The van der Waals surface area contributed by atoms with Crippen LogP contribution in [0.1, 0.15) is 5.56 Å². The van der Waals surface area contributed by atoms with E-state index in [-0.39, 0.29) is 0 Å². The molecule has 0 aromatic heterocycles. The average molecular weight is 241 g/mol. The first kappa shape index (κ1) is 8.63. The Morgan fingerprint density at radius 2 is 2.31 bits per heavy atom. The number of halogens is 1. The fraction of sp³-hybridized carbons (Fsp3) is 0.200. The second kappa shape index (κ2) is 3.42. The molecule has 1 aromatic carbocycles. The molecule has 1 heterocycles. The second-order valence-electron chi connectivity index (χ2n) is 2.73. The molecule has 0 saturated heterocycles. The summed E-state index contributed by atoms with van der Waals surface area (Å²) in [5.74, 6) is 1.74. The largest absolute Gasteiger partial charge is 0.497 e. The normalized spacial score (nSPS) is 14.2. The SMILES string of the molecule is COc1ccc2c(c1)C(Br)=CCO2. The van der Waals surface area contributed by atoms with Gasteiger partial charge in [0, 0.05) is 10.0 Å². The van der Waals surface area contributed by atoms with Crippen molar-refractivity contribution in [1.82, 2.24) is 0 Å². The van der Waals surface area contributed by atoms with Crippen molar-refractivity contribution in [3.63, 3.8) is 0 Å². The molecule has 1 aliphatic heterocycles. The van der Waals surface area contributed by atoms with Gasteiger partial charge in [0.05, 0.1) is 7.11 Å². The van der Waals surface area contributed by atoms with Crippen LogP contribution in [0, 0.1) is 0 Å². The summed E-state index contributed by atoms with van der Waals surface area (Å²) in [5, 5.41) is 0. The zero-order valence-electron chi connectivity index (χ0n) is 7.21. The molecule has 2 nitrogen and oxygen atoms in total. The maximum absolute atomic E-state index is 5.43. The summed E-state index contributed by atoms with van der Waals surface area (Å²) in [6.45, 7) is 0.625. The van der Waals surface area contributed by atoms with Crippen LogP contribution in [0.2, 0.25) is 0 Å². The smallest absolute Gasteiger partial charge is 0.128 e. The van der Waals surface area contributed by atoms with Gasteiger partial charge in [0.25, 0.3) is 0 Å². The van der Waals surface area contributed by atoms with Gasteiger partial charge in [-0.15, -0.1) is 0 Å². The van der Waals surface area contributed by atoms with Crippen LogP contribution in [0.5, 0.6) is 11.5 Å². The minimum atomic E-state index is 0.625. The van der Waals surface area contributed by atoms with Crippen LogP contribution in [-0.4, -0.2) is 13.7 Å². The minimum Gasteiger partial charge on any atom is -0.497 e. The molecule has 0 radical (unpaired) electrons. The highest BCUT2D eigenvalue weighted by Gasteiger charge is 2.11. The highest BCUT2D eigenvalue weighted by atomic mass is 79.9. The molecule has 0 amide bonds. The van der Waals surface area contributed by atoms with Crippen LogP contribution in [0.4, 0.5) is 0 Å². The predicted octanol–water partition coefficient (Wildman–Crippen LogP) is 2.82. The lowest BCUT2D eigenvalue weighted by molar-refractivity contribution is 0.356. The van der Waals surface area contributed by atoms with E-state index in [2.05, 4.69) is 15.9 Å². The van der Waals surface area contributed by atoms with E-state index in [4.69, 9.17) is 9.47 Å². The van der Waals surface area contributed by atoms with Crippen molar-refractivity contribution in [1.29, 1.82) is 0 Å². The van der Waals surface area contributed by atoms with Crippen LogP contribution >= 0.6 is 15.9 Å². The van der Waals surface area contributed by atoms with Crippen molar-refractivity contribution < 1.29 is 9.47 Å². The third-order valence-electron chi connectivity index (χ3n) is 1.95. The molecule has 1 aromatic rings. The molecule has 0 spiro atoms. The molecule has 0 fully saturated rings. The van der Waals surface area contributed by atoms with E-state index in [0.29, 0.717) is 6.61 Å². The van der Waals surface area contributed by atoms with E-state index in [0.717, 1.165) is 21.5 Å². The van der Waals surface area contributed by atoms with Crippen LogP contribution in [0.25, 0.3) is 4.48 Å². The maximum Gasteiger partial charge on any atom is 0.128 e. The van der Waals surface area contributed by atoms with Crippen LogP contribution < -0.4 is 9.47 Å². The molecular weight excluding hydrogens is 232 g/mol. The Morgan fingerprint density at radius 3 is 3.08 bits per heavy atom. The highest BCUT2D eigenvalue weighted by Crippen LogP contribution is 2.35. The third kappa shape index (κ3) is 1.56. The molecule has 3 heteroatoms. The summed E-state index contributed by atoms with van der Waals surface area (Å²) < 4.78 is 11.6. The van der Waals surface area contributed by atoms with E-state index in [9.17, 15) is 0 Å². The highest BCUT2D eigenvalue weighted by molar-refractivity contribution is 9.15. The van der Waals surface area contributed by atoms with Crippen molar-refractivity contribution in [2.75, 3.05) is 13.7 Å². The Hall–Kier alpha value is -0.960. The molecule has 0 saturated carbocycles. The van der Waals surface area contributed by atoms with Gasteiger partial charge in [-0.05, 0) is 24.3 Å². The van der Waals surface area contributed by atoms with Crippen molar-refractivity contribution in [3.05, 3.63) is 29.8 Å². The number of benzene rings is 1. The van der Waals surface area contributed by atoms with Crippen molar-refractivity contribution >= 4 is 20.4 Å². The van der Waals surface area contributed by atoms with Gasteiger partial charge < -0.3 is 9.47 Å². The minimum absolute atomic E-state index is 0.625. The molecule has 13 heavy (non-hydrogen) atoms. The van der Waals surface area contributed by atoms with Crippen molar-refractivity contribution in [2.45, 2.75) is 0 Å². The first-order chi connectivity index (χ1) is 6.31. The number of ether oxygens (including phenoxy) is 2. The van der Waals surface area contributed by atoms with Gasteiger partial charge in [-0.1, -0.05) is 15.9 Å². The number of hydrogen-bond acceptors (Lipinski definition) is 2. The van der Waals surface area contributed by atoms with Crippen molar-refractivity contribution in [3.8, 4) is 11.5 Å². The lowest BCUT2D eigenvalue weighted by atomic mass is 10.1. The standard InChI is InChI=1S/C10H9BrO2/c1-12-7-2-3-10-8(6-7)9(11)4-5-13-10/h2-4,6H,5H2,1H3. The zero-order chi connectivity index (χ0) is 9.26. The number of rotatable bonds is 1. The van der Waals surface area contributed by atoms with Crippen LogP contribution in [0.15, 0.2) is 24.3 Å². The Labute approximate surface area is 85.3 Å². The predicted molar refractivity (Wildman–Crippen MR) is 55.4 cm³/mol. The third-order valence-corrected chi connectivity index (χ3v) is 2.70. The van der Waals surface area contributed by atoms with Gasteiger partial charge in [-0.2, -0.15) is 0 Å². The van der Waals surface area contributed by atoms with Gasteiger partial charge in [0.1, 0.15) is 18.1 Å². The monoisotopic (exact) mass is 240 g/mol. The Bertz CT molecular complexity index is 358. The number of methoxy groups -OCH3 is 1. The first-order valence-electron chi connectivity index (χ1n) is 3.98. The van der Waals surface area contributed by atoms with Gasteiger partial charge >= 0.3 is 0 Å². The van der Waals surface area contributed by atoms with E-state index in [1.54, 1.807) is 7.11 Å². The molecular formula is C10H9BrO2. The second-order valence-corrected chi connectivity index (χ2v) is 3.58. The Morgan fingerprint density at radius 1 is 1.46 bits per heavy atom. The van der Waals surface area contributed by atoms with Gasteiger partial charge in [-0.3, -0.25) is 0 Å². The molecule has 68 valence electrons. The molecule has 0 bridgehead atoms. The van der Waals surface area contributed by atoms with Gasteiger partial charge in [0.2, 0.25) is 0 Å². The van der Waals surface area contributed by atoms with E-state index in [1.807, 2.05) is 24.3 Å². The summed E-state index contributed by atoms with van der Waals surface area (Å²) in [6, 6.07) is 5.77. The molecule has 0 aliphatic carbocycles. The van der Waals surface area contributed by atoms with E-state index >= 15 is 0 Å². The summed E-state index contributed by atoms with van der Waals surface area (Å²) in [4.78, 5) is 0. The molecule has 1 aliphatic rings. The number of fused-ring (bicyclic) bond motifs is 1. The van der Waals surface area contributed by atoms with Crippen LogP contribution in [0.3, 0.4) is 0 Å². The zero-order valence-corrected chi connectivity index (χ0v) is 8.80. The summed E-state index contributed by atoms with van der Waals surface area (Å²) in [5.41, 5.74) is 1.05. The average Bonchev–Trinajstić information content (AvgIpc) is 2.18. The summed E-state index contributed by atoms with van der Waals surface area (Å²) >= 11 is 3.48. The lowest BCUT2D eigenvalue weighted by Crippen LogP contribution is -2.02. The quantitative estimate of drug-likeness (QED) is 0.752. The summed E-state index contributed by atoms with van der Waals surface area (Å²) in [6.07, 6.45) is 1.99. The van der Waals surface area contributed by atoms with E-state index in [1.165, 1.54) is 0 Å². The number of hydrogen-bond donors (Lipinski definition) is 0. The van der Waals surface area contributed by atoms with Crippen molar-refractivity contribution in [2.24, 2.45) is 0 Å². The summed E-state index contributed by atoms with van der Waals surface area (Å²) in [7, 11) is 1.66. The Kier molecular flexibility index (Phi) is 2.27.